The lowest BCUT2D eigenvalue weighted by Gasteiger charge is -2.21. The fourth-order valence-electron chi connectivity index (χ4n) is 2.52. The molecule has 0 aliphatic carbocycles. The number of hydrogen-bond acceptors (Lipinski definition) is 4. The standard InChI is InChI=1S/C16H17NO4/c18-15(17-10-11-5-7-20-8-6-11)14-9-12-3-1-2-4-13(12)16(19)21-14/h1-4,9,11H,5-8,10H2,(H,17,18). The maximum Gasteiger partial charge on any atom is 0.344 e. The smallest absolute Gasteiger partial charge is 0.344 e. The normalized spacial score (nSPS) is 16.0. The molecule has 1 aliphatic rings. The van der Waals surface area contributed by atoms with Crippen LogP contribution < -0.4 is 10.9 Å². The Hall–Kier alpha value is -2.14. The molecule has 1 amide bonds. The minimum absolute atomic E-state index is 0.0609. The van der Waals surface area contributed by atoms with E-state index in [0.29, 0.717) is 23.2 Å². The Morgan fingerprint density at radius 3 is 2.81 bits per heavy atom. The average molecular weight is 287 g/mol. The molecule has 110 valence electrons. The number of nitrogens with one attached hydrogen (secondary N) is 1. The Kier molecular flexibility index (Phi) is 4.01. The summed E-state index contributed by atoms with van der Waals surface area (Å²) in [5.41, 5.74) is -0.482. The van der Waals surface area contributed by atoms with Crippen molar-refractivity contribution in [3.63, 3.8) is 0 Å². The van der Waals surface area contributed by atoms with Crippen molar-refractivity contribution in [2.24, 2.45) is 5.92 Å². The van der Waals surface area contributed by atoms with Gasteiger partial charge in [-0.1, -0.05) is 18.2 Å². The van der Waals surface area contributed by atoms with Crippen molar-refractivity contribution < 1.29 is 13.9 Å². The lowest BCUT2D eigenvalue weighted by Crippen LogP contribution is -2.32. The van der Waals surface area contributed by atoms with Gasteiger partial charge in [0.05, 0.1) is 5.39 Å². The summed E-state index contributed by atoms with van der Waals surface area (Å²) in [5.74, 6) is 0.144. The van der Waals surface area contributed by atoms with E-state index >= 15 is 0 Å². The molecule has 0 spiro atoms. The molecule has 1 aliphatic heterocycles. The van der Waals surface area contributed by atoms with Crippen molar-refractivity contribution in [1.82, 2.24) is 5.32 Å². The third-order valence-corrected chi connectivity index (χ3v) is 3.79. The van der Waals surface area contributed by atoms with Crippen LogP contribution in [0.3, 0.4) is 0 Å². The van der Waals surface area contributed by atoms with Crippen LogP contribution >= 0.6 is 0 Å². The monoisotopic (exact) mass is 287 g/mol. The van der Waals surface area contributed by atoms with Crippen LogP contribution in [0.15, 0.2) is 39.5 Å². The van der Waals surface area contributed by atoms with E-state index in [1.54, 1.807) is 24.3 Å². The molecule has 5 nitrogen and oxygen atoms in total. The van der Waals surface area contributed by atoms with Crippen LogP contribution in [-0.2, 0) is 4.74 Å². The van der Waals surface area contributed by atoms with Crippen LogP contribution in [0.2, 0.25) is 0 Å². The molecule has 0 unspecified atom stereocenters. The Morgan fingerprint density at radius 2 is 2.00 bits per heavy atom. The number of carbonyl (C=O) groups is 1. The SMILES string of the molecule is O=C(NCC1CCOCC1)c1cc2ccccc2c(=O)o1. The van der Waals surface area contributed by atoms with Gasteiger partial charge < -0.3 is 14.5 Å². The summed E-state index contributed by atoms with van der Waals surface area (Å²) >= 11 is 0. The van der Waals surface area contributed by atoms with Crippen molar-refractivity contribution in [2.45, 2.75) is 12.8 Å². The van der Waals surface area contributed by atoms with Crippen LogP contribution in [0.5, 0.6) is 0 Å². The maximum absolute atomic E-state index is 12.1. The molecule has 2 heterocycles. The number of rotatable bonds is 3. The second kappa shape index (κ2) is 6.10. The fourth-order valence-corrected chi connectivity index (χ4v) is 2.52. The van der Waals surface area contributed by atoms with Crippen molar-refractivity contribution in [3.05, 3.63) is 46.5 Å². The van der Waals surface area contributed by atoms with Gasteiger partial charge in [-0.05, 0) is 36.3 Å². The van der Waals surface area contributed by atoms with Gasteiger partial charge in [-0.2, -0.15) is 0 Å². The van der Waals surface area contributed by atoms with E-state index < -0.39 is 5.63 Å². The molecular formula is C16H17NO4. The Morgan fingerprint density at radius 1 is 1.24 bits per heavy atom. The van der Waals surface area contributed by atoms with Crippen LogP contribution in [0.25, 0.3) is 10.8 Å². The molecule has 1 aromatic heterocycles. The molecule has 0 radical (unpaired) electrons. The predicted octanol–water partition coefficient (Wildman–Crippen LogP) is 1.95. The van der Waals surface area contributed by atoms with Gasteiger partial charge in [0.2, 0.25) is 0 Å². The summed E-state index contributed by atoms with van der Waals surface area (Å²) in [6, 6.07) is 8.68. The topological polar surface area (TPSA) is 68.5 Å². The highest BCUT2D eigenvalue weighted by Crippen LogP contribution is 2.14. The number of ether oxygens (including phenoxy) is 1. The molecule has 0 atom stereocenters. The van der Waals surface area contributed by atoms with Gasteiger partial charge >= 0.3 is 5.63 Å². The summed E-state index contributed by atoms with van der Waals surface area (Å²) in [6.45, 7) is 2.07. The summed E-state index contributed by atoms with van der Waals surface area (Å²) in [4.78, 5) is 24.0. The number of hydrogen-bond donors (Lipinski definition) is 1. The molecule has 0 saturated carbocycles. The lowest BCUT2D eigenvalue weighted by atomic mass is 10.0. The summed E-state index contributed by atoms with van der Waals surface area (Å²) < 4.78 is 10.4. The van der Waals surface area contributed by atoms with Crippen LogP contribution in [0.1, 0.15) is 23.4 Å². The fraction of sp³-hybridized carbons (Fsp3) is 0.375. The quantitative estimate of drug-likeness (QED) is 0.937. The third-order valence-electron chi connectivity index (χ3n) is 3.79. The Balaban J connectivity index is 1.73. The summed E-state index contributed by atoms with van der Waals surface area (Å²) in [6.07, 6.45) is 1.89. The van der Waals surface area contributed by atoms with E-state index in [4.69, 9.17) is 9.15 Å². The first-order valence-corrected chi connectivity index (χ1v) is 7.13. The first-order chi connectivity index (χ1) is 10.2. The van der Waals surface area contributed by atoms with E-state index in [9.17, 15) is 9.59 Å². The van der Waals surface area contributed by atoms with Gasteiger partial charge in [0.15, 0.2) is 5.76 Å². The first-order valence-electron chi connectivity index (χ1n) is 7.13. The highest BCUT2D eigenvalue weighted by molar-refractivity contribution is 5.95. The molecule has 2 aromatic rings. The van der Waals surface area contributed by atoms with Gasteiger partial charge in [0.1, 0.15) is 0 Å². The first kappa shape index (κ1) is 13.8. The predicted molar refractivity (Wildman–Crippen MR) is 78.4 cm³/mol. The van der Waals surface area contributed by atoms with Crippen molar-refractivity contribution >= 4 is 16.7 Å². The minimum atomic E-state index is -0.482. The van der Waals surface area contributed by atoms with Crippen molar-refractivity contribution in [1.29, 1.82) is 0 Å². The highest BCUT2D eigenvalue weighted by atomic mass is 16.5. The largest absolute Gasteiger partial charge is 0.417 e. The summed E-state index contributed by atoms with van der Waals surface area (Å²) in [5, 5.41) is 4.03. The zero-order valence-corrected chi connectivity index (χ0v) is 11.6. The number of amides is 1. The molecule has 1 aromatic carbocycles. The zero-order valence-electron chi connectivity index (χ0n) is 11.6. The third kappa shape index (κ3) is 3.13. The Bertz CT molecular complexity index is 701. The molecule has 0 bridgehead atoms. The van der Waals surface area contributed by atoms with E-state index in [0.717, 1.165) is 26.1 Å². The van der Waals surface area contributed by atoms with Gasteiger partial charge in [-0.25, -0.2) is 4.79 Å². The molecule has 1 fully saturated rings. The van der Waals surface area contributed by atoms with Gasteiger partial charge in [0, 0.05) is 19.8 Å². The maximum atomic E-state index is 12.1. The van der Waals surface area contributed by atoms with Gasteiger partial charge in [-0.15, -0.1) is 0 Å². The van der Waals surface area contributed by atoms with Gasteiger partial charge in [0.25, 0.3) is 5.91 Å². The highest BCUT2D eigenvalue weighted by Gasteiger charge is 2.17. The molecule has 3 rings (SSSR count). The minimum Gasteiger partial charge on any atom is -0.417 e. The molecule has 1 N–H and O–H groups in total. The zero-order chi connectivity index (χ0) is 14.7. The van der Waals surface area contributed by atoms with Gasteiger partial charge in [-0.3, -0.25) is 4.79 Å². The molecular weight excluding hydrogens is 270 g/mol. The van der Waals surface area contributed by atoms with E-state index in [2.05, 4.69) is 5.32 Å². The molecule has 1 saturated heterocycles. The number of carbonyl (C=O) groups excluding carboxylic acids is 1. The average Bonchev–Trinajstić information content (AvgIpc) is 2.53. The number of benzene rings is 1. The van der Waals surface area contributed by atoms with E-state index in [1.165, 1.54) is 0 Å². The van der Waals surface area contributed by atoms with E-state index in [1.807, 2.05) is 6.07 Å². The van der Waals surface area contributed by atoms with E-state index in [-0.39, 0.29) is 11.7 Å². The number of fused-ring (bicyclic) bond motifs is 1. The van der Waals surface area contributed by atoms with Crippen LogP contribution in [0.4, 0.5) is 0 Å². The second-order valence-corrected chi connectivity index (χ2v) is 5.25. The molecule has 5 heteroatoms. The second-order valence-electron chi connectivity index (χ2n) is 5.25. The van der Waals surface area contributed by atoms with Crippen molar-refractivity contribution in [3.8, 4) is 0 Å². The van der Waals surface area contributed by atoms with Crippen LogP contribution in [0, 0.1) is 5.92 Å². The Labute approximate surface area is 121 Å². The lowest BCUT2D eigenvalue weighted by molar-refractivity contribution is 0.0638. The van der Waals surface area contributed by atoms with Crippen LogP contribution in [-0.4, -0.2) is 25.7 Å². The summed E-state index contributed by atoms with van der Waals surface area (Å²) in [7, 11) is 0. The molecule has 21 heavy (non-hydrogen) atoms. The van der Waals surface area contributed by atoms with Crippen molar-refractivity contribution in [2.75, 3.05) is 19.8 Å².